The molecule has 1 aliphatic heterocycles. The van der Waals surface area contributed by atoms with Crippen LogP contribution in [0.4, 0.5) is 0 Å². The molecule has 62 valence electrons. The van der Waals surface area contributed by atoms with Crippen molar-refractivity contribution in [3.63, 3.8) is 0 Å². The molecule has 2 N–H and O–H groups in total. The van der Waals surface area contributed by atoms with Gasteiger partial charge in [0.25, 0.3) is 0 Å². The maximum absolute atomic E-state index is 3.12. The summed E-state index contributed by atoms with van der Waals surface area (Å²) in [6, 6.07) is 10.3. The Morgan fingerprint density at radius 2 is 1.75 bits per heavy atom. The van der Waals surface area contributed by atoms with E-state index in [0.717, 1.165) is 0 Å². The number of hydrogen-bond donors (Lipinski definition) is 2. The van der Waals surface area contributed by atoms with E-state index >= 15 is 0 Å². The number of rotatable bonds is 0. The Morgan fingerprint density at radius 1 is 1.00 bits per heavy atom. The van der Waals surface area contributed by atoms with Crippen LogP contribution in [0.5, 0.6) is 0 Å². The lowest BCUT2D eigenvalue weighted by atomic mass is 10.3. The van der Waals surface area contributed by atoms with E-state index in [9.17, 15) is 0 Å². The Kier molecular flexibility index (Phi) is 2.10. The molecule has 2 aromatic rings. The van der Waals surface area contributed by atoms with Crippen molar-refractivity contribution in [2.24, 2.45) is 0 Å². The topological polar surface area (TPSA) is 37.7 Å². The van der Waals surface area contributed by atoms with Crippen LogP contribution in [0.1, 0.15) is 0 Å². The molecule has 1 aromatic heterocycles. The van der Waals surface area contributed by atoms with Crippen LogP contribution in [0.15, 0.2) is 36.5 Å². The molecular weight excluding hydrogens is 148 g/mol. The monoisotopic (exact) mass is 160 g/mol. The summed E-state index contributed by atoms with van der Waals surface area (Å²) in [6.45, 7) is 2.50. The lowest BCUT2D eigenvalue weighted by Gasteiger charge is -1.83. The molecule has 12 heavy (non-hydrogen) atoms. The molecule has 2 heteroatoms. The standard InChI is InChI=1S/C8H7N.C2H5N/c1-2-4-8-7(3-1)5-6-9-8;1-2-3-1/h1-6,9H;3H,1-2H2. The van der Waals surface area contributed by atoms with E-state index in [-0.39, 0.29) is 0 Å². The molecule has 0 spiro atoms. The van der Waals surface area contributed by atoms with Crippen molar-refractivity contribution in [3.8, 4) is 0 Å². The van der Waals surface area contributed by atoms with Crippen LogP contribution < -0.4 is 5.32 Å². The average Bonchev–Trinajstić information content (AvgIpc) is 2.91. The Balaban J connectivity index is 0.000000159. The highest BCUT2D eigenvalue weighted by molar-refractivity contribution is 5.78. The molecule has 0 radical (unpaired) electrons. The van der Waals surface area contributed by atoms with Crippen LogP contribution in [-0.4, -0.2) is 18.1 Å². The van der Waals surface area contributed by atoms with Gasteiger partial charge in [-0.25, -0.2) is 0 Å². The van der Waals surface area contributed by atoms with E-state index < -0.39 is 0 Å². The van der Waals surface area contributed by atoms with Crippen LogP contribution in [0.2, 0.25) is 0 Å². The van der Waals surface area contributed by atoms with Gasteiger partial charge in [0.2, 0.25) is 0 Å². The van der Waals surface area contributed by atoms with Gasteiger partial charge in [0.1, 0.15) is 0 Å². The van der Waals surface area contributed by atoms with Gasteiger partial charge >= 0.3 is 0 Å². The molecule has 1 saturated heterocycles. The summed E-state index contributed by atoms with van der Waals surface area (Å²) in [6.07, 6.45) is 1.95. The molecular formula is C10H12N2. The van der Waals surface area contributed by atoms with Gasteiger partial charge in [-0.2, -0.15) is 0 Å². The number of nitrogens with one attached hydrogen (secondary N) is 2. The Bertz CT molecular complexity index is 316. The molecule has 0 aliphatic carbocycles. The summed E-state index contributed by atoms with van der Waals surface area (Å²) in [4.78, 5) is 3.12. The number of fused-ring (bicyclic) bond motifs is 1. The third kappa shape index (κ3) is 1.86. The minimum Gasteiger partial charge on any atom is -0.361 e. The number of hydrogen-bond acceptors (Lipinski definition) is 1. The maximum atomic E-state index is 3.12. The second-order valence-electron chi connectivity index (χ2n) is 2.81. The molecule has 1 fully saturated rings. The van der Waals surface area contributed by atoms with E-state index in [4.69, 9.17) is 0 Å². The number of benzene rings is 1. The van der Waals surface area contributed by atoms with Crippen LogP contribution in [0.3, 0.4) is 0 Å². The first kappa shape index (κ1) is 7.37. The second kappa shape index (κ2) is 3.41. The van der Waals surface area contributed by atoms with Gasteiger partial charge in [-0.05, 0) is 17.5 Å². The zero-order valence-electron chi connectivity index (χ0n) is 6.88. The first-order chi connectivity index (χ1) is 5.97. The van der Waals surface area contributed by atoms with Crippen LogP contribution >= 0.6 is 0 Å². The molecule has 0 unspecified atom stereocenters. The molecule has 1 aliphatic rings. The van der Waals surface area contributed by atoms with Crippen molar-refractivity contribution in [2.45, 2.75) is 0 Å². The number of H-pyrrole nitrogens is 1. The number of para-hydroxylation sites is 1. The van der Waals surface area contributed by atoms with E-state index in [1.165, 1.54) is 24.0 Å². The van der Waals surface area contributed by atoms with Gasteiger partial charge < -0.3 is 10.3 Å². The Morgan fingerprint density at radius 3 is 2.42 bits per heavy atom. The van der Waals surface area contributed by atoms with Crippen LogP contribution in [0.25, 0.3) is 10.9 Å². The van der Waals surface area contributed by atoms with Gasteiger partial charge in [-0.15, -0.1) is 0 Å². The molecule has 2 nitrogen and oxygen atoms in total. The molecule has 2 heterocycles. The normalized spacial score (nSPS) is 13.7. The van der Waals surface area contributed by atoms with Crippen LogP contribution in [-0.2, 0) is 0 Å². The minimum atomic E-state index is 1.21. The number of aromatic nitrogens is 1. The Labute approximate surface area is 71.6 Å². The molecule has 1 aromatic carbocycles. The van der Waals surface area contributed by atoms with E-state index in [2.05, 4.69) is 28.5 Å². The molecule has 0 bridgehead atoms. The van der Waals surface area contributed by atoms with Crippen molar-refractivity contribution >= 4 is 10.9 Å². The summed E-state index contributed by atoms with van der Waals surface area (Å²) < 4.78 is 0. The molecule has 0 atom stereocenters. The SMILES string of the molecule is C1CN1.c1ccc2[nH]ccc2c1. The third-order valence-electron chi connectivity index (χ3n) is 1.71. The van der Waals surface area contributed by atoms with Crippen molar-refractivity contribution < 1.29 is 0 Å². The molecule has 3 rings (SSSR count). The fourth-order valence-electron chi connectivity index (χ4n) is 0.995. The zero-order valence-corrected chi connectivity index (χ0v) is 6.88. The van der Waals surface area contributed by atoms with E-state index in [1.54, 1.807) is 0 Å². The van der Waals surface area contributed by atoms with Gasteiger partial charge in [-0.3, -0.25) is 0 Å². The van der Waals surface area contributed by atoms with Gasteiger partial charge in [0, 0.05) is 24.8 Å². The van der Waals surface area contributed by atoms with Crippen molar-refractivity contribution in [1.82, 2.24) is 10.3 Å². The lowest BCUT2D eigenvalue weighted by molar-refractivity contribution is 1.34. The summed E-state index contributed by atoms with van der Waals surface area (Å²) >= 11 is 0. The van der Waals surface area contributed by atoms with Gasteiger partial charge in [0.15, 0.2) is 0 Å². The maximum Gasteiger partial charge on any atom is 0.0453 e. The smallest absolute Gasteiger partial charge is 0.0453 e. The van der Waals surface area contributed by atoms with Crippen molar-refractivity contribution in [3.05, 3.63) is 36.5 Å². The highest BCUT2D eigenvalue weighted by atomic mass is 15.0. The quantitative estimate of drug-likeness (QED) is 0.566. The largest absolute Gasteiger partial charge is 0.361 e. The van der Waals surface area contributed by atoms with Crippen molar-refractivity contribution in [1.29, 1.82) is 0 Å². The summed E-state index contributed by atoms with van der Waals surface area (Å²) in [5.74, 6) is 0. The fraction of sp³-hybridized carbons (Fsp3) is 0.200. The summed E-state index contributed by atoms with van der Waals surface area (Å²) in [5.41, 5.74) is 1.21. The minimum absolute atomic E-state index is 1.21. The Hall–Kier alpha value is -1.28. The predicted molar refractivity (Wildman–Crippen MR) is 51.2 cm³/mol. The highest BCUT2D eigenvalue weighted by Crippen LogP contribution is 2.09. The number of aromatic amines is 1. The first-order valence-corrected chi connectivity index (χ1v) is 4.20. The predicted octanol–water partition coefficient (Wildman–Crippen LogP) is 1.76. The highest BCUT2D eigenvalue weighted by Gasteiger charge is 1.91. The van der Waals surface area contributed by atoms with E-state index in [0.29, 0.717) is 0 Å². The van der Waals surface area contributed by atoms with Crippen molar-refractivity contribution in [2.75, 3.05) is 13.1 Å². The summed E-state index contributed by atoms with van der Waals surface area (Å²) in [7, 11) is 0. The third-order valence-corrected chi connectivity index (χ3v) is 1.71. The zero-order chi connectivity index (χ0) is 8.23. The molecule has 0 amide bonds. The van der Waals surface area contributed by atoms with Crippen LogP contribution in [0, 0.1) is 0 Å². The van der Waals surface area contributed by atoms with Gasteiger partial charge in [0.05, 0.1) is 0 Å². The average molecular weight is 160 g/mol. The lowest BCUT2D eigenvalue weighted by Crippen LogP contribution is -1.61. The summed E-state index contributed by atoms with van der Waals surface area (Å²) in [5, 5.41) is 4.28. The second-order valence-corrected chi connectivity index (χ2v) is 2.81. The van der Waals surface area contributed by atoms with Gasteiger partial charge in [-0.1, -0.05) is 18.2 Å². The first-order valence-electron chi connectivity index (χ1n) is 4.20. The molecule has 0 saturated carbocycles. The fourth-order valence-corrected chi connectivity index (χ4v) is 0.995. The van der Waals surface area contributed by atoms with E-state index in [1.807, 2.05) is 18.3 Å².